The van der Waals surface area contributed by atoms with E-state index in [-0.39, 0.29) is 11.2 Å². The topological polar surface area (TPSA) is 70.1 Å². The fourth-order valence-electron chi connectivity index (χ4n) is 4.70. The highest BCUT2D eigenvalue weighted by Gasteiger charge is 2.45. The summed E-state index contributed by atoms with van der Waals surface area (Å²) in [5.74, 6) is 0.951. The Morgan fingerprint density at radius 3 is 2.78 bits per heavy atom. The lowest BCUT2D eigenvalue weighted by atomic mass is 9.69. The number of Topliss-reactive ketones (excluding diaryl/α,β-unsaturated/α-hetero) is 1. The van der Waals surface area contributed by atoms with Crippen molar-refractivity contribution in [1.82, 2.24) is 0 Å². The molecule has 32 heavy (non-hydrogen) atoms. The van der Waals surface area contributed by atoms with Gasteiger partial charge >= 0.3 is 0 Å². The molecular formula is C25H26ClN3OS2. The third-order valence-corrected chi connectivity index (χ3v) is 8.67. The predicted octanol–water partition coefficient (Wildman–Crippen LogP) is 6.76. The summed E-state index contributed by atoms with van der Waals surface area (Å²) < 4.78 is 1.13. The zero-order valence-electron chi connectivity index (χ0n) is 18.7. The van der Waals surface area contributed by atoms with Crippen LogP contribution in [-0.4, -0.2) is 11.5 Å². The summed E-state index contributed by atoms with van der Waals surface area (Å²) in [5, 5.41) is 12.9. The standard InChI is InChI=1S/C25H26ClN3OS2/c1-5-31-24-15(9-10-32-24)21-16(13-27)23(28)29(18-8-6-7-17(26)14(18)2)19-11-25(3,4)12-20(30)22(19)21/h6-10,21H,5,11-12,28H2,1-4H3/t21-/m1/s1. The smallest absolute Gasteiger partial charge is 0.162 e. The molecule has 0 amide bonds. The molecule has 4 nitrogen and oxygen atoms in total. The number of anilines is 1. The van der Waals surface area contributed by atoms with Crippen LogP contribution in [-0.2, 0) is 4.79 Å². The first-order valence-electron chi connectivity index (χ1n) is 10.6. The molecule has 0 spiro atoms. The maximum atomic E-state index is 13.6. The van der Waals surface area contributed by atoms with Crippen LogP contribution >= 0.6 is 34.7 Å². The van der Waals surface area contributed by atoms with Gasteiger partial charge in [-0.25, -0.2) is 0 Å². The molecule has 7 heteroatoms. The van der Waals surface area contributed by atoms with Crippen molar-refractivity contribution < 1.29 is 4.79 Å². The molecule has 1 atom stereocenters. The molecule has 2 aliphatic rings. The lowest BCUT2D eigenvalue weighted by Crippen LogP contribution is -2.42. The Kier molecular flexibility index (Phi) is 6.19. The number of allylic oxidation sites excluding steroid dienone is 3. The monoisotopic (exact) mass is 483 g/mol. The molecule has 0 fully saturated rings. The number of hydrogen-bond donors (Lipinski definition) is 1. The van der Waals surface area contributed by atoms with Crippen molar-refractivity contribution in [3.63, 3.8) is 0 Å². The number of rotatable bonds is 4. The molecule has 166 valence electrons. The summed E-state index contributed by atoms with van der Waals surface area (Å²) in [6.45, 7) is 8.26. The minimum absolute atomic E-state index is 0.0878. The number of carbonyl (C=O) groups excluding carboxylic acids is 1. The minimum Gasteiger partial charge on any atom is -0.384 e. The molecule has 1 aliphatic heterocycles. The van der Waals surface area contributed by atoms with Crippen LogP contribution in [0.4, 0.5) is 5.69 Å². The van der Waals surface area contributed by atoms with Crippen molar-refractivity contribution in [2.24, 2.45) is 11.1 Å². The van der Waals surface area contributed by atoms with Crippen molar-refractivity contribution >= 4 is 46.2 Å². The van der Waals surface area contributed by atoms with Gasteiger partial charge < -0.3 is 5.73 Å². The second kappa shape index (κ2) is 8.62. The highest BCUT2D eigenvalue weighted by Crippen LogP contribution is 2.52. The van der Waals surface area contributed by atoms with Crippen molar-refractivity contribution in [3.05, 3.63) is 68.5 Å². The number of nitrogens with two attached hydrogens (primary N) is 1. The maximum absolute atomic E-state index is 13.6. The van der Waals surface area contributed by atoms with E-state index in [0.29, 0.717) is 34.8 Å². The largest absolute Gasteiger partial charge is 0.384 e. The average Bonchev–Trinajstić information content (AvgIpc) is 3.17. The van der Waals surface area contributed by atoms with Crippen LogP contribution in [0.5, 0.6) is 0 Å². The van der Waals surface area contributed by atoms with Gasteiger partial charge in [-0.15, -0.1) is 23.1 Å². The van der Waals surface area contributed by atoms with Crippen LogP contribution < -0.4 is 10.6 Å². The molecule has 2 N–H and O–H groups in total. The Balaban J connectivity index is 2.02. The van der Waals surface area contributed by atoms with E-state index >= 15 is 0 Å². The van der Waals surface area contributed by atoms with Crippen molar-refractivity contribution in [1.29, 1.82) is 5.26 Å². The Hall–Kier alpha value is -2.20. The van der Waals surface area contributed by atoms with E-state index in [4.69, 9.17) is 17.3 Å². The van der Waals surface area contributed by atoms with Gasteiger partial charge in [-0.1, -0.05) is 38.4 Å². The van der Waals surface area contributed by atoms with E-state index in [2.05, 4.69) is 26.8 Å². The summed E-state index contributed by atoms with van der Waals surface area (Å²) in [4.78, 5) is 15.5. The summed E-state index contributed by atoms with van der Waals surface area (Å²) in [6.07, 6.45) is 1.14. The summed E-state index contributed by atoms with van der Waals surface area (Å²) >= 11 is 9.83. The highest BCUT2D eigenvalue weighted by atomic mass is 35.5. The van der Waals surface area contributed by atoms with E-state index < -0.39 is 5.92 Å². The van der Waals surface area contributed by atoms with Gasteiger partial charge in [0.1, 0.15) is 5.82 Å². The molecule has 0 bridgehead atoms. The van der Waals surface area contributed by atoms with Gasteiger partial charge in [0, 0.05) is 22.7 Å². The summed E-state index contributed by atoms with van der Waals surface area (Å²) in [5.41, 5.74) is 11.2. The number of halogens is 1. The summed E-state index contributed by atoms with van der Waals surface area (Å²) in [7, 11) is 0. The fourth-order valence-corrected chi connectivity index (χ4v) is 6.94. The Morgan fingerprint density at radius 1 is 1.34 bits per heavy atom. The van der Waals surface area contributed by atoms with Crippen LogP contribution in [0.3, 0.4) is 0 Å². The lowest BCUT2D eigenvalue weighted by Gasteiger charge is -2.44. The Morgan fingerprint density at radius 2 is 2.09 bits per heavy atom. The highest BCUT2D eigenvalue weighted by molar-refractivity contribution is 8.01. The zero-order chi connectivity index (χ0) is 23.2. The first-order valence-corrected chi connectivity index (χ1v) is 12.9. The molecule has 2 aromatic rings. The number of thiophene rings is 1. The third-order valence-electron chi connectivity index (χ3n) is 6.11. The SMILES string of the molecule is CCSc1sccc1[C@@H]1C(C#N)=C(N)N(c2cccc(Cl)c2C)C2=C1C(=O)CC(C)(C)C2. The Labute approximate surface area is 202 Å². The van der Waals surface area contributed by atoms with Crippen molar-refractivity contribution in [3.8, 4) is 6.07 Å². The Bertz CT molecular complexity index is 1200. The number of carbonyl (C=O) groups is 1. The van der Waals surface area contributed by atoms with Gasteiger partial charge in [0.15, 0.2) is 5.78 Å². The molecule has 4 rings (SSSR count). The molecule has 0 radical (unpaired) electrons. The lowest BCUT2D eigenvalue weighted by molar-refractivity contribution is -0.118. The number of benzene rings is 1. The quantitative estimate of drug-likeness (QED) is 0.486. The molecular weight excluding hydrogens is 458 g/mol. The van der Waals surface area contributed by atoms with Crippen LogP contribution in [0.1, 0.15) is 50.7 Å². The molecule has 0 saturated carbocycles. The number of hydrogen-bond acceptors (Lipinski definition) is 6. The van der Waals surface area contributed by atoms with E-state index in [1.165, 1.54) is 0 Å². The average molecular weight is 484 g/mol. The first kappa shape index (κ1) is 23.0. The molecule has 0 unspecified atom stereocenters. The second-order valence-electron chi connectivity index (χ2n) is 8.96. The normalized spacial score (nSPS) is 20.4. The van der Waals surface area contributed by atoms with Crippen LogP contribution in [0.2, 0.25) is 5.02 Å². The van der Waals surface area contributed by atoms with Gasteiger partial charge in [-0.3, -0.25) is 9.69 Å². The number of thioether (sulfide) groups is 1. The van der Waals surface area contributed by atoms with Gasteiger partial charge in [-0.05, 0) is 59.2 Å². The maximum Gasteiger partial charge on any atom is 0.162 e. The molecule has 1 aromatic carbocycles. The number of nitriles is 1. The zero-order valence-corrected chi connectivity index (χ0v) is 21.0. The van der Waals surface area contributed by atoms with E-state index in [9.17, 15) is 10.1 Å². The number of nitrogens with zero attached hydrogens (tertiary/aromatic N) is 2. The van der Waals surface area contributed by atoms with Gasteiger partial charge in [0.25, 0.3) is 0 Å². The minimum atomic E-state index is -0.436. The molecule has 1 aliphatic carbocycles. The predicted molar refractivity (Wildman–Crippen MR) is 134 cm³/mol. The van der Waals surface area contributed by atoms with Gasteiger partial charge in [-0.2, -0.15) is 5.26 Å². The third kappa shape index (κ3) is 3.77. The molecule has 0 saturated heterocycles. The van der Waals surface area contributed by atoms with E-state index in [0.717, 1.165) is 32.5 Å². The molecule has 1 aromatic heterocycles. The van der Waals surface area contributed by atoms with Crippen LogP contribution in [0, 0.1) is 23.7 Å². The first-order chi connectivity index (χ1) is 15.2. The number of ketones is 1. The van der Waals surface area contributed by atoms with Crippen LogP contribution in [0.15, 0.2) is 56.5 Å². The van der Waals surface area contributed by atoms with Gasteiger partial charge in [0.05, 0.1) is 27.5 Å². The van der Waals surface area contributed by atoms with Crippen LogP contribution in [0.25, 0.3) is 0 Å². The van der Waals surface area contributed by atoms with E-state index in [1.807, 2.05) is 41.5 Å². The summed E-state index contributed by atoms with van der Waals surface area (Å²) in [6, 6.07) is 10.1. The molecule has 2 heterocycles. The van der Waals surface area contributed by atoms with E-state index in [1.54, 1.807) is 23.1 Å². The van der Waals surface area contributed by atoms with Crippen molar-refractivity contribution in [2.45, 2.75) is 50.7 Å². The fraction of sp³-hybridized carbons (Fsp3) is 0.360. The van der Waals surface area contributed by atoms with Crippen molar-refractivity contribution in [2.75, 3.05) is 10.7 Å². The second-order valence-corrected chi connectivity index (χ2v) is 11.8. The van der Waals surface area contributed by atoms with Gasteiger partial charge in [0.2, 0.25) is 0 Å².